The molecule has 0 saturated heterocycles. The van der Waals surface area contributed by atoms with Gasteiger partial charge in [-0.25, -0.2) is 0 Å². The molecule has 0 aromatic rings. The Morgan fingerprint density at radius 3 is 1.41 bits per heavy atom. The van der Waals surface area contributed by atoms with Crippen molar-refractivity contribution in [2.24, 2.45) is 0 Å². The van der Waals surface area contributed by atoms with Crippen molar-refractivity contribution in [3.63, 3.8) is 0 Å². The molecule has 0 radical (unpaired) electrons. The fourth-order valence-corrected chi connectivity index (χ4v) is 2.18. The molecule has 0 aliphatic heterocycles. The van der Waals surface area contributed by atoms with Gasteiger partial charge in [0.25, 0.3) is 0 Å². The molecule has 0 atom stereocenters. The highest BCUT2D eigenvalue weighted by Crippen LogP contribution is 2.06. The summed E-state index contributed by atoms with van der Waals surface area (Å²) >= 11 is 0. The van der Waals surface area contributed by atoms with Crippen LogP contribution in [-0.4, -0.2) is 11.1 Å². The molecule has 0 saturated carbocycles. The first-order chi connectivity index (χ1) is 10.8. The maximum Gasteiger partial charge on any atom is 0.303 e. The number of allylic oxidation sites excluding steroid dienone is 6. The van der Waals surface area contributed by atoms with Crippen LogP contribution >= 0.6 is 0 Å². The van der Waals surface area contributed by atoms with Crippen molar-refractivity contribution in [2.75, 3.05) is 0 Å². The second kappa shape index (κ2) is 17.7. The van der Waals surface area contributed by atoms with E-state index in [1.54, 1.807) is 0 Å². The summed E-state index contributed by atoms with van der Waals surface area (Å²) in [5.41, 5.74) is 0. The van der Waals surface area contributed by atoms with Crippen LogP contribution in [0.1, 0.15) is 84.0 Å². The Balaban J connectivity index is 3.21. The van der Waals surface area contributed by atoms with E-state index in [-0.39, 0.29) is 6.42 Å². The van der Waals surface area contributed by atoms with E-state index >= 15 is 0 Å². The Hall–Kier alpha value is -1.31. The summed E-state index contributed by atoms with van der Waals surface area (Å²) in [6.07, 6.45) is 26.4. The molecule has 0 fully saturated rings. The molecular weight excluding hydrogens is 272 g/mol. The van der Waals surface area contributed by atoms with Crippen LogP contribution in [0.2, 0.25) is 0 Å². The van der Waals surface area contributed by atoms with Gasteiger partial charge in [-0.2, -0.15) is 0 Å². The van der Waals surface area contributed by atoms with Crippen LogP contribution in [0.5, 0.6) is 0 Å². The summed E-state index contributed by atoms with van der Waals surface area (Å²) < 4.78 is 0. The highest BCUT2D eigenvalue weighted by molar-refractivity contribution is 5.66. The number of unbranched alkanes of at least 4 members (excludes halogenated alkanes) is 7. The molecular formula is C20H34O2. The summed E-state index contributed by atoms with van der Waals surface area (Å²) in [5, 5.41) is 8.51. The van der Waals surface area contributed by atoms with E-state index in [1.165, 1.54) is 44.9 Å². The molecule has 0 aromatic carbocycles. The van der Waals surface area contributed by atoms with Crippen molar-refractivity contribution in [1.29, 1.82) is 0 Å². The lowest BCUT2D eigenvalue weighted by Gasteiger charge is -1.95. The maximum atomic E-state index is 10.3. The van der Waals surface area contributed by atoms with Crippen LogP contribution < -0.4 is 0 Å². The maximum absolute atomic E-state index is 10.3. The van der Waals surface area contributed by atoms with E-state index < -0.39 is 5.97 Å². The SMILES string of the molecule is CCC=CCCCCC=CCCCCC=CCCCC(=O)O. The first-order valence-corrected chi connectivity index (χ1v) is 8.94. The van der Waals surface area contributed by atoms with E-state index in [4.69, 9.17) is 5.11 Å². The molecule has 0 aliphatic rings. The average molecular weight is 306 g/mol. The smallest absolute Gasteiger partial charge is 0.303 e. The first kappa shape index (κ1) is 20.7. The lowest BCUT2D eigenvalue weighted by molar-refractivity contribution is -0.137. The average Bonchev–Trinajstić information content (AvgIpc) is 2.50. The minimum atomic E-state index is -0.697. The minimum Gasteiger partial charge on any atom is -0.481 e. The van der Waals surface area contributed by atoms with Crippen molar-refractivity contribution in [1.82, 2.24) is 0 Å². The second-order valence-electron chi connectivity index (χ2n) is 5.68. The number of carbonyl (C=O) groups is 1. The molecule has 0 unspecified atom stereocenters. The zero-order valence-electron chi connectivity index (χ0n) is 14.3. The van der Waals surface area contributed by atoms with Gasteiger partial charge in [0.05, 0.1) is 0 Å². The molecule has 2 nitrogen and oxygen atoms in total. The Morgan fingerprint density at radius 1 is 0.682 bits per heavy atom. The summed E-state index contributed by atoms with van der Waals surface area (Å²) in [6.45, 7) is 2.18. The zero-order chi connectivity index (χ0) is 16.3. The first-order valence-electron chi connectivity index (χ1n) is 8.94. The van der Waals surface area contributed by atoms with E-state index in [1.807, 2.05) is 0 Å². The third kappa shape index (κ3) is 18.7. The zero-order valence-corrected chi connectivity index (χ0v) is 14.3. The van der Waals surface area contributed by atoms with Crippen molar-refractivity contribution < 1.29 is 9.90 Å². The van der Waals surface area contributed by atoms with E-state index in [0.717, 1.165) is 25.7 Å². The van der Waals surface area contributed by atoms with Gasteiger partial charge in [-0.1, -0.05) is 43.4 Å². The van der Waals surface area contributed by atoms with Crippen LogP contribution in [-0.2, 0) is 4.79 Å². The number of aliphatic carboxylic acids is 1. The molecule has 0 spiro atoms. The van der Waals surface area contributed by atoms with Crippen LogP contribution in [0.25, 0.3) is 0 Å². The predicted octanol–water partition coefficient (Wildman–Crippen LogP) is 6.44. The molecule has 2 heteroatoms. The monoisotopic (exact) mass is 306 g/mol. The van der Waals surface area contributed by atoms with Crippen LogP contribution in [0, 0.1) is 0 Å². The van der Waals surface area contributed by atoms with Gasteiger partial charge in [0.1, 0.15) is 0 Å². The minimum absolute atomic E-state index is 0.282. The van der Waals surface area contributed by atoms with E-state index in [9.17, 15) is 4.79 Å². The summed E-state index contributed by atoms with van der Waals surface area (Å²) in [7, 11) is 0. The van der Waals surface area contributed by atoms with E-state index in [0.29, 0.717) is 0 Å². The summed E-state index contributed by atoms with van der Waals surface area (Å²) in [5.74, 6) is -0.697. The van der Waals surface area contributed by atoms with Crippen molar-refractivity contribution >= 4 is 5.97 Å². The van der Waals surface area contributed by atoms with Gasteiger partial charge in [-0.15, -0.1) is 0 Å². The van der Waals surface area contributed by atoms with Crippen molar-refractivity contribution in [3.05, 3.63) is 36.5 Å². The number of hydrogen-bond donors (Lipinski definition) is 1. The Kier molecular flexibility index (Phi) is 16.7. The van der Waals surface area contributed by atoms with Gasteiger partial charge in [0, 0.05) is 6.42 Å². The quantitative estimate of drug-likeness (QED) is 0.279. The van der Waals surface area contributed by atoms with Gasteiger partial charge < -0.3 is 5.11 Å². The van der Waals surface area contributed by atoms with Gasteiger partial charge in [0.15, 0.2) is 0 Å². The third-order valence-corrected chi connectivity index (χ3v) is 3.48. The molecule has 0 amide bonds. The van der Waals surface area contributed by atoms with Gasteiger partial charge in [-0.05, 0) is 70.6 Å². The number of hydrogen-bond acceptors (Lipinski definition) is 1. The molecule has 22 heavy (non-hydrogen) atoms. The molecule has 0 heterocycles. The molecule has 0 rings (SSSR count). The standard InChI is InChI=1S/C20H34O2/c1-2-3-4-5-6-7-8-9-10-11-12-13-14-15-16-17-18-19-20(21)22/h3-4,9-10,15-16H,2,5-8,11-14,17-19H2,1H3,(H,21,22). The predicted molar refractivity (Wildman–Crippen MR) is 96.1 cm³/mol. The highest BCUT2D eigenvalue weighted by atomic mass is 16.4. The highest BCUT2D eigenvalue weighted by Gasteiger charge is 1.93. The Bertz CT molecular complexity index is 327. The summed E-state index contributed by atoms with van der Waals surface area (Å²) in [4.78, 5) is 10.3. The topological polar surface area (TPSA) is 37.3 Å². The third-order valence-electron chi connectivity index (χ3n) is 3.48. The fourth-order valence-electron chi connectivity index (χ4n) is 2.18. The molecule has 1 N–H and O–H groups in total. The number of rotatable bonds is 15. The largest absolute Gasteiger partial charge is 0.481 e. The number of carboxylic acids is 1. The van der Waals surface area contributed by atoms with Gasteiger partial charge in [-0.3, -0.25) is 4.79 Å². The van der Waals surface area contributed by atoms with Crippen molar-refractivity contribution in [2.45, 2.75) is 84.0 Å². The molecule has 0 aromatic heterocycles. The fraction of sp³-hybridized carbons (Fsp3) is 0.650. The van der Waals surface area contributed by atoms with Crippen molar-refractivity contribution in [3.8, 4) is 0 Å². The molecule has 0 aliphatic carbocycles. The van der Waals surface area contributed by atoms with Gasteiger partial charge in [0.2, 0.25) is 0 Å². The summed E-state index contributed by atoms with van der Waals surface area (Å²) in [6, 6.07) is 0. The molecule has 0 bridgehead atoms. The van der Waals surface area contributed by atoms with Crippen LogP contribution in [0.3, 0.4) is 0 Å². The van der Waals surface area contributed by atoms with E-state index in [2.05, 4.69) is 43.4 Å². The second-order valence-corrected chi connectivity index (χ2v) is 5.68. The lowest BCUT2D eigenvalue weighted by atomic mass is 10.1. The Morgan fingerprint density at radius 2 is 1.05 bits per heavy atom. The normalized spacial score (nSPS) is 12.0. The van der Waals surface area contributed by atoms with Crippen LogP contribution in [0.15, 0.2) is 36.5 Å². The lowest BCUT2D eigenvalue weighted by Crippen LogP contribution is -1.92. The number of carboxylic acid groups (broad SMARTS) is 1. The molecule has 126 valence electrons. The van der Waals surface area contributed by atoms with Crippen LogP contribution in [0.4, 0.5) is 0 Å². The Labute approximate surface area is 137 Å². The van der Waals surface area contributed by atoms with Gasteiger partial charge >= 0.3 is 5.97 Å².